The van der Waals surface area contributed by atoms with Crippen LogP contribution in [0.2, 0.25) is 5.02 Å². The molecule has 366 valence electrons. The molecule has 2 aliphatic carbocycles. The van der Waals surface area contributed by atoms with Crippen molar-refractivity contribution in [2.75, 3.05) is 33.7 Å². The maximum Gasteiger partial charge on any atom is 0.403 e. The van der Waals surface area contributed by atoms with Crippen LogP contribution in [0.5, 0.6) is 0 Å². The van der Waals surface area contributed by atoms with Gasteiger partial charge in [-0.15, -0.1) is 0 Å². The molecule has 2 saturated carbocycles. The van der Waals surface area contributed by atoms with E-state index in [4.69, 9.17) is 11.6 Å². The smallest absolute Gasteiger partial charge is 0.354 e. The van der Waals surface area contributed by atoms with E-state index in [1.807, 2.05) is 0 Å². The summed E-state index contributed by atoms with van der Waals surface area (Å²) in [6, 6.07) is -1.75. The summed E-state index contributed by atoms with van der Waals surface area (Å²) in [5.41, 5.74) is -2.96. The van der Waals surface area contributed by atoms with E-state index < -0.39 is 139 Å². The highest BCUT2D eigenvalue weighted by Gasteiger charge is 2.75. The molecular weight excluding hydrogens is 907 g/mol. The van der Waals surface area contributed by atoms with Crippen LogP contribution in [0, 0.1) is 17.3 Å². The third-order valence-electron chi connectivity index (χ3n) is 13.4. The number of benzene rings is 1. The molecule has 5 fully saturated rings. The van der Waals surface area contributed by atoms with Crippen LogP contribution in [0.15, 0.2) is 24.3 Å². The van der Waals surface area contributed by atoms with Crippen LogP contribution in [0.25, 0.3) is 0 Å². The van der Waals surface area contributed by atoms with Gasteiger partial charge in [-0.2, -0.15) is 13.2 Å². The first-order valence-electron chi connectivity index (χ1n) is 22.3. The molecule has 66 heavy (non-hydrogen) atoms. The third kappa shape index (κ3) is 11.0. The fourth-order valence-corrected chi connectivity index (χ4v) is 9.88. The van der Waals surface area contributed by atoms with Gasteiger partial charge >= 0.3 is 6.18 Å². The van der Waals surface area contributed by atoms with Crippen molar-refractivity contribution in [3.8, 4) is 0 Å². The molecule has 8 atom stereocenters. The number of alkyl halides is 7. The maximum atomic E-state index is 15.0. The fraction of sp³-hybridized carbons (Fsp3) is 0.705. The molecule has 0 bridgehead atoms. The van der Waals surface area contributed by atoms with Gasteiger partial charge in [0.2, 0.25) is 41.4 Å². The van der Waals surface area contributed by atoms with Crippen molar-refractivity contribution < 1.29 is 64.3 Å². The molecule has 1 aromatic rings. The molecule has 7 amide bonds. The first-order valence-corrected chi connectivity index (χ1v) is 22.7. The van der Waals surface area contributed by atoms with Crippen molar-refractivity contribution in [2.45, 2.75) is 145 Å². The summed E-state index contributed by atoms with van der Waals surface area (Å²) in [4.78, 5) is 102. The average Bonchev–Trinajstić information content (AvgIpc) is 3.88. The second kappa shape index (κ2) is 19.9. The number of rotatable bonds is 10. The minimum atomic E-state index is -5.42. The summed E-state index contributed by atoms with van der Waals surface area (Å²) in [6.07, 6.45) is -12.4. The monoisotopic (exact) mass is 963 g/mol. The lowest BCUT2D eigenvalue weighted by atomic mass is 9.64. The Balaban J connectivity index is 1.26. The second-order valence-electron chi connectivity index (χ2n) is 19.0. The highest BCUT2D eigenvalue weighted by Crippen LogP contribution is 2.61. The maximum absolute atomic E-state index is 15.0. The standard InChI is InChI=1S/C44H57ClF7N7O7/c1-23(2)14-29-38(63)57(4)33(16-24-8-7-9-26(45)15-24)39(64)58-19-27(46)17-31(58)35(60)53-13-6-5-10-30(36(61)54-29)56(3)40(65)34(25-11-12-25)55-37(62)32-18-28(47)20-59(32)41(66)42(44(50,51)52)21-43(48,49)22-42/h7-9,15,23,25,27-34H,5-6,10-14,16-22H2,1-4H3,(H,53,60)(H,54,61)(H,55,62)/t27-,28-,29+,30+,31-,32+,33+,34+/m1/s1. The van der Waals surface area contributed by atoms with Gasteiger partial charge in [-0.25, -0.2) is 17.6 Å². The lowest BCUT2D eigenvalue weighted by Gasteiger charge is -2.48. The van der Waals surface area contributed by atoms with Crippen LogP contribution in [0.4, 0.5) is 30.7 Å². The van der Waals surface area contributed by atoms with E-state index in [0.29, 0.717) is 28.3 Å². The van der Waals surface area contributed by atoms with Gasteiger partial charge in [-0.05, 0) is 68.1 Å². The molecule has 3 heterocycles. The summed E-state index contributed by atoms with van der Waals surface area (Å²) >= 11 is 6.26. The van der Waals surface area contributed by atoms with E-state index in [2.05, 4.69) is 16.0 Å². The van der Waals surface area contributed by atoms with Crippen LogP contribution in [-0.4, -0.2) is 155 Å². The van der Waals surface area contributed by atoms with Crippen LogP contribution < -0.4 is 16.0 Å². The molecule has 3 N–H and O–H groups in total. The molecular formula is C44H57ClF7N7O7. The summed E-state index contributed by atoms with van der Waals surface area (Å²) in [7, 11) is 2.65. The highest BCUT2D eigenvalue weighted by atomic mass is 35.5. The molecule has 5 aliphatic rings. The zero-order valence-corrected chi connectivity index (χ0v) is 37.9. The number of carbonyl (C=O) groups is 7. The van der Waals surface area contributed by atoms with Gasteiger partial charge < -0.3 is 35.6 Å². The van der Waals surface area contributed by atoms with Crippen LogP contribution >= 0.6 is 11.6 Å². The van der Waals surface area contributed by atoms with Gasteiger partial charge in [0, 0.05) is 57.8 Å². The van der Waals surface area contributed by atoms with Crippen molar-refractivity contribution >= 4 is 53.0 Å². The minimum absolute atomic E-state index is 0.0374. The molecule has 14 nitrogen and oxygen atoms in total. The molecule has 3 aliphatic heterocycles. The van der Waals surface area contributed by atoms with Gasteiger partial charge in [0.25, 0.3) is 5.92 Å². The largest absolute Gasteiger partial charge is 0.403 e. The Bertz CT molecular complexity index is 2040. The molecule has 6 rings (SSSR count). The van der Waals surface area contributed by atoms with Gasteiger partial charge in [-0.1, -0.05) is 37.6 Å². The lowest BCUT2D eigenvalue weighted by Crippen LogP contribution is -2.65. The number of amides is 7. The molecule has 0 radical (unpaired) electrons. The normalized spacial score (nSPS) is 29.2. The molecule has 0 unspecified atom stereocenters. The van der Waals surface area contributed by atoms with Crippen LogP contribution in [0.3, 0.4) is 0 Å². The van der Waals surface area contributed by atoms with Crippen molar-refractivity contribution in [2.24, 2.45) is 17.3 Å². The van der Waals surface area contributed by atoms with E-state index in [-0.39, 0.29) is 57.5 Å². The predicted octanol–water partition coefficient (Wildman–Crippen LogP) is 4.12. The second-order valence-corrected chi connectivity index (χ2v) is 19.4. The number of likely N-dealkylation sites (N-methyl/N-ethyl adjacent to an activating group) is 2. The summed E-state index contributed by atoms with van der Waals surface area (Å²) in [5.74, 6) is -11.2. The fourth-order valence-electron chi connectivity index (χ4n) is 9.67. The van der Waals surface area contributed by atoms with Crippen molar-refractivity contribution in [1.82, 2.24) is 35.6 Å². The van der Waals surface area contributed by atoms with Crippen LogP contribution in [0.1, 0.15) is 83.6 Å². The Morgan fingerprint density at radius 3 is 2.23 bits per heavy atom. The molecule has 0 spiro atoms. The van der Waals surface area contributed by atoms with Gasteiger partial charge in [0.15, 0.2) is 5.41 Å². The number of hydrogen-bond acceptors (Lipinski definition) is 7. The van der Waals surface area contributed by atoms with E-state index in [0.717, 1.165) is 14.7 Å². The van der Waals surface area contributed by atoms with Gasteiger partial charge in [0.1, 0.15) is 48.6 Å². The van der Waals surface area contributed by atoms with Gasteiger partial charge in [0.05, 0.1) is 13.1 Å². The van der Waals surface area contributed by atoms with E-state index in [1.165, 1.54) is 14.1 Å². The number of nitrogens with zero attached hydrogens (tertiary/aromatic N) is 4. The number of halogens is 8. The summed E-state index contributed by atoms with van der Waals surface area (Å²) < 4.78 is 100. The number of hydrogen-bond donors (Lipinski definition) is 3. The van der Waals surface area contributed by atoms with Crippen LogP contribution in [-0.2, 0) is 40.0 Å². The number of likely N-dealkylation sites (tertiary alicyclic amines) is 1. The Labute approximate surface area is 383 Å². The van der Waals surface area contributed by atoms with E-state index in [9.17, 15) is 59.9 Å². The van der Waals surface area contributed by atoms with Crippen molar-refractivity contribution in [3.63, 3.8) is 0 Å². The summed E-state index contributed by atoms with van der Waals surface area (Å²) in [6.45, 7) is 2.30. The SMILES string of the molecule is CC(C)C[C@@H]1NC(=O)[C@@H](N(C)C(=O)[C@@H](NC(=O)[C@@H]2C[C@@H](F)CN2C(=O)C2(C(F)(F)F)CC(F)(F)C2)C2CC2)CCCCNC(=O)[C@H]2C[C@@H](F)CN2C(=O)[C@H](Cc2cccc(Cl)c2)N(C)C1=O. The van der Waals surface area contributed by atoms with E-state index in [1.54, 1.807) is 38.1 Å². The third-order valence-corrected chi connectivity index (χ3v) is 13.7. The van der Waals surface area contributed by atoms with E-state index >= 15 is 4.39 Å². The molecule has 3 saturated heterocycles. The minimum Gasteiger partial charge on any atom is -0.354 e. The zero-order chi connectivity index (χ0) is 48.6. The highest BCUT2D eigenvalue weighted by molar-refractivity contribution is 6.30. The Morgan fingerprint density at radius 1 is 0.955 bits per heavy atom. The predicted molar refractivity (Wildman–Crippen MR) is 224 cm³/mol. The Hall–Kier alpha value is -4.69. The zero-order valence-electron chi connectivity index (χ0n) is 37.2. The summed E-state index contributed by atoms with van der Waals surface area (Å²) in [5, 5.41) is 8.34. The number of nitrogens with one attached hydrogen (secondary N) is 3. The topological polar surface area (TPSA) is 169 Å². The van der Waals surface area contributed by atoms with Crippen molar-refractivity contribution in [3.05, 3.63) is 34.9 Å². The first-order chi connectivity index (χ1) is 30.8. The average molecular weight is 964 g/mol. The quantitative estimate of drug-likeness (QED) is 0.297. The Kier molecular flexibility index (Phi) is 15.3. The van der Waals surface area contributed by atoms with Crippen molar-refractivity contribution in [1.29, 1.82) is 0 Å². The van der Waals surface area contributed by atoms with Gasteiger partial charge in [-0.3, -0.25) is 33.6 Å². The number of carbonyl (C=O) groups excluding carboxylic acids is 7. The first kappa shape index (κ1) is 50.7. The molecule has 22 heteroatoms. The number of fused-ring (bicyclic) bond motifs is 1. The Morgan fingerprint density at radius 2 is 1.62 bits per heavy atom. The lowest BCUT2D eigenvalue weighted by molar-refractivity contribution is -0.299. The molecule has 1 aromatic carbocycles. The molecule has 0 aromatic heterocycles.